The SMILES string of the molecule is CCOc1cncc(C=CCC([As])CC)c1. The molecule has 2 nitrogen and oxygen atoms in total. The minimum absolute atomic E-state index is 0.680. The summed E-state index contributed by atoms with van der Waals surface area (Å²) in [5.41, 5.74) is 1.10. The number of ether oxygens (including phenoxy) is 1. The molecule has 0 saturated carbocycles. The summed E-state index contributed by atoms with van der Waals surface area (Å²) in [6.07, 6.45) is 10.2. The van der Waals surface area contributed by atoms with E-state index in [2.05, 4.69) is 40.9 Å². The number of hydrogen-bond donors (Lipinski definition) is 0. The molecule has 86 valence electrons. The van der Waals surface area contributed by atoms with Crippen molar-refractivity contribution in [3.8, 4) is 5.75 Å². The van der Waals surface area contributed by atoms with E-state index in [1.54, 1.807) is 6.20 Å². The predicted octanol–water partition coefficient (Wildman–Crippen LogP) is 3.25. The van der Waals surface area contributed by atoms with E-state index in [1.165, 1.54) is 6.42 Å². The fourth-order valence-corrected chi connectivity index (χ4v) is 1.56. The Morgan fingerprint density at radius 3 is 2.94 bits per heavy atom. The van der Waals surface area contributed by atoms with E-state index in [0.717, 1.165) is 17.7 Å². The molecule has 0 aromatic carbocycles. The van der Waals surface area contributed by atoms with Crippen molar-refractivity contribution >= 4 is 22.9 Å². The summed E-state index contributed by atoms with van der Waals surface area (Å²) in [5, 5.41) is 0. The second-order valence-electron chi connectivity index (χ2n) is 3.59. The molecular weight excluding hydrogens is 261 g/mol. The Kier molecular flexibility index (Phi) is 6.25. The molecule has 1 heterocycles. The Bertz CT molecular complexity index is 338. The van der Waals surface area contributed by atoms with Crippen molar-refractivity contribution in [1.29, 1.82) is 0 Å². The molecule has 0 bridgehead atoms. The van der Waals surface area contributed by atoms with E-state index in [-0.39, 0.29) is 0 Å². The monoisotopic (exact) mass is 279 g/mol. The Morgan fingerprint density at radius 2 is 2.25 bits per heavy atom. The molecule has 0 N–H and O–H groups in total. The van der Waals surface area contributed by atoms with Gasteiger partial charge in [0.1, 0.15) is 0 Å². The van der Waals surface area contributed by atoms with E-state index in [9.17, 15) is 0 Å². The Morgan fingerprint density at radius 1 is 1.44 bits per heavy atom. The van der Waals surface area contributed by atoms with Crippen molar-refractivity contribution in [3.05, 3.63) is 30.1 Å². The first kappa shape index (κ1) is 13.3. The van der Waals surface area contributed by atoms with Crippen LogP contribution in [0.2, 0.25) is 4.71 Å². The second-order valence-corrected chi connectivity index (χ2v) is 5.12. The molecular formula is C13H18AsNO. The zero-order valence-electron chi connectivity index (χ0n) is 9.89. The van der Waals surface area contributed by atoms with Crippen LogP contribution >= 0.6 is 0 Å². The van der Waals surface area contributed by atoms with Crippen molar-refractivity contribution in [3.63, 3.8) is 0 Å². The van der Waals surface area contributed by atoms with Gasteiger partial charge in [-0.3, -0.25) is 0 Å². The number of pyridine rings is 1. The van der Waals surface area contributed by atoms with Crippen LogP contribution in [0.15, 0.2) is 24.5 Å². The second kappa shape index (κ2) is 7.51. The minimum atomic E-state index is 0.680. The van der Waals surface area contributed by atoms with Gasteiger partial charge in [0.05, 0.1) is 0 Å². The van der Waals surface area contributed by atoms with Gasteiger partial charge in [-0.25, -0.2) is 0 Å². The number of nitrogens with zero attached hydrogens (tertiary/aromatic N) is 1. The van der Waals surface area contributed by atoms with Gasteiger partial charge in [0.25, 0.3) is 0 Å². The summed E-state index contributed by atoms with van der Waals surface area (Å²) in [4.78, 5) is 4.14. The predicted molar refractivity (Wildman–Crippen MR) is 68.9 cm³/mol. The van der Waals surface area contributed by atoms with Crippen molar-refractivity contribution in [2.45, 2.75) is 31.4 Å². The fourth-order valence-electron chi connectivity index (χ4n) is 1.30. The number of allylic oxidation sites excluding steroid dienone is 1. The third-order valence-electron chi connectivity index (χ3n) is 2.24. The van der Waals surface area contributed by atoms with Crippen LogP contribution in [0, 0.1) is 0 Å². The molecule has 0 saturated heterocycles. The molecule has 1 aromatic rings. The van der Waals surface area contributed by atoms with E-state index < -0.39 is 0 Å². The van der Waals surface area contributed by atoms with Gasteiger partial charge in [0.2, 0.25) is 0 Å². The molecule has 1 rings (SSSR count). The Hall–Kier alpha value is -0.752. The van der Waals surface area contributed by atoms with Gasteiger partial charge in [0, 0.05) is 0 Å². The third-order valence-corrected chi connectivity index (χ3v) is 3.44. The van der Waals surface area contributed by atoms with Crippen LogP contribution in [0.4, 0.5) is 0 Å². The average Bonchev–Trinajstić information content (AvgIpc) is 2.30. The van der Waals surface area contributed by atoms with Crippen molar-refractivity contribution in [1.82, 2.24) is 4.98 Å². The third kappa shape index (κ3) is 4.85. The van der Waals surface area contributed by atoms with Gasteiger partial charge in [-0.05, 0) is 0 Å². The first-order valence-corrected chi connectivity index (χ1v) is 6.77. The van der Waals surface area contributed by atoms with Gasteiger partial charge in [-0.2, -0.15) is 0 Å². The molecule has 0 aliphatic heterocycles. The molecule has 0 amide bonds. The molecule has 0 spiro atoms. The number of rotatable bonds is 6. The maximum atomic E-state index is 5.40. The maximum absolute atomic E-state index is 5.40. The van der Waals surface area contributed by atoms with E-state index in [0.29, 0.717) is 11.3 Å². The normalized spacial score (nSPS) is 12.9. The van der Waals surface area contributed by atoms with Crippen molar-refractivity contribution in [2.24, 2.45) is 0 Å². The summed E-state index contributed by atoms with van der Waals surface area (Å²) < 4.78 is 6.08. The molecule has 0 aliphatic rings. The Labute approximate surface area is 107 Å². The van der Waals surface area contributed by atoms with Crippen LogP contribution in [0.25, 0.3) is 6.08 Å². The Balaban J connectivity index is 2.55. The topological polar surface area (TPSA) is 22.1 Å². The summed E-state index contributed by atoms with van der Waals surface area (Å²) in [6.45, 7) is 4.86. The zero-order chi connectivity index (χ0) is 11.8. The number of aromatic nitrogens is 1. The van der Waals surface area contributed by atoms with Crippen LogP contribution in [0.5, 0.6) is 5.75 Å². The molecule has 0 aliphatic carbocycles. The van der Waals surface area contributed by atoms with Crippen LogP contribution in [0.3, 0.4) is 0 Å². The average molecular weight is 279 g/mol. The molecule has 2 radical (unpaired) electrons. The van der Waals surface area contributed by atoms with E-state index >= 15 is 0 Å². The first-order chi connectivity index (χ1) is 7.76. The standard InChI is InChI=1S/C13H18AsNO/c1-3-12(14)7-5-6-11-8-13(16-4-2)10-15-9-11/h5-6,8-10,12H,3-4,7H2,1-2H3. The first-order valence-electron chi connectivity index (χ1n) is 5.68. The molecule has 0 fully saturated rings. The van der Waals surface area contributed by atoms with E-state index in [4.69, 9.17) is 4.74 Å². The van der Waals surface area contributed by atoms with Gasteiger partial charge >= 0.3 is 107 Å². The van der Waals surface area contributed by atoms with Crippen molar-refractivity contribution < 1.29 is 4.74 Å². The van der Waals surface area contributed by atoms with Gasteiger partial charge < -0.3 is 0 Å². The van der Waals surface area contributed by atoms with Crippen LogP contribution in [-0.2, 0) is 0 Å². The molecule has 16 heavy (non-hydrogen) atoms. The molecule has 1 unspecified atom stereocenters. The summed E-state index contributed by atoms with van der Waals surface area (Å²) in [7, 11) is 0. The molecule has 3 heteroatoms. The zero-order valence-corrected chi connectivity index (χ0v) is 11.8. The van der Waals surface area contributed by atoms with Crippen molar-refractivity contribution in [2.75, 3.05) is 6.61 Å². The summed E-state index contributed by atoms with van der Waals surface area (Å²) in [6, 6.07) is 2.01. The van der Waals surface area contributed by atoms with Crippen LogP contribution < -0.4 is 4.74 Å². The van der Waals surface area contributed by atoms with Crippen LogP contribution in [0.1, 0.15) is 32.3 Å². The van der Waals surface area contributed by atoms with Crippen LogP contribution in [-0.4, -0.2) is 28.4 Å². The summed E-state index contributed by atoms with van der Waals surface area (Å²) in [5.74, 6) is 0.837. The fraction of sp³-hybridized carbons (Fsp3) is 0.462. The quantitative estimate of drug-likeness (QED) is 0.746. The van der Waals surface area contributed by atoms with Gasteiger partial charge in [-0.1, -0.05) is 0 Å². The molecule has 1 aromatic heterocycles. The number of hydrogen-bond acceptors (Lipinski definition) is 2. The molecule has 1 atom stereocenters. The van der Waals surface area contributed by atoms with Gasteiger partial charge in [-0.15, -0.1) is 0 Å². The van der Waals surface area contributed by atoms with E-state index in [1.807, 2.05) is 19.2 Å². The van der Waals surface area contributed by atoms with Gasteiger partial charge in [0.15, 0.2) is 0 Å². The summed E-state index contributed by atoms with van der Waals surface area (Å²) >= 11 is 2.71.